The van der Waals surface area contributed by atoms with Crippen LogP contribution in [0.1, 0.15) is 5.76 Å². The van der Waals surface area contributed by atoms with Crippen LogP contribution in [0, 0.1) is 0 Å². The Morgan fingerprint density at radius 2 is 1.87 bits per heavy atom. The minimum atomic E-state index is -0.0895. The summed E-state index contributed by atoms with van der Waals surface area (Å²) in [6.07, 6.45) is 1.59. The van der Waals surface area contributed by atoms with Gasteiger partial charge in [0.2, 0.25) is 5.91 Å². The van der Waals surface area contributed by atoms with Crippen LogP contribution in [0.3, 0.4) is 0 Å². The minimum absolute atomic E-state index is 0.0895. The van der Waals surface area contributed by atoms with E-state index >= 15 is 0 Å². The molecule has 1 amide bonds. The molecule has 0 saturated carbocycles. The van der Waals surface area contributed by atoms with Crippen LogP contribution in [-0.2, 0) is 11.3 Å². The summed E-state index contributed by atoms with van der Waals surface area (Å²) in [6, 6.07) is 14.7. The summed E-state index contributed by atoms with van der Waals surface area (Å²) < 4.78 is 17.2. The van der Waals surface area contributed by atoms with Crippen LogP contribution in [0.2, 0.25) is 5.02 Å². The maximum atomic E-state index is 13.2. The number of fused-ring (bicyclic) bond motifs is 1. The van der Waals surface area contributed by atoms with Gasteiger partial charge in [0.1, 0.15) is 27.5 Å². The highest BCUT2D eigenvalue weighted by Crippen LogP contribution is 2.40. The number of furan rings is 1. The third kappa shape index (κ3) is 4.81. The lowest BCUT2D eigenvalue weighted by atomic mass is 10.3. The topological polar surface area (TPSA) is 64.8 Å². The van der Waals surface area contributed by atoms with E-state index in [1.807, 2.05) is 24.3 Å². The van der Waals surface area contributed by atoms with Crippen LogP contribution in [0.4, 0.5) is 5.13 Å². The van der Waals surface area contributed by atoms with Crippen LogP contribution >= 0.6 is 34.7 Å². The van der Waals surface area contributed by atoms with E-state index in [1.165, 1.54) is 23.1 Å². The predicted octanol–water partition coefficient (Wildman–Crippen LogP) is 5.89. The Labute approximate surface area is 192 Å². The summed E-state index contributed by atoms with van der Waals surface area (Å²) in [7, 11) is 3.20. The highest BCUT2D eigenvalue weighted by atomic mass is 35.5. The van der Waals surface area contributed by atoms with Gasteiger partial charge in [-0.2, -0.15) is 0 Å². The van der Waals surface area contributed by atoms with Gasteiger partial charge in [0.15, 0.2) is 5.13 Å². The van der Waals surface area contributed by atoms with E-state index in [0.717, 1.165) is 9.60 Å². The van der Waals surface area contributed by atoms with Gasteiger partial charge in [-0.1, -0.05) is 22.9 Å². The molecular weight excluding hydrogens is 456 g/mol. The van der Waals surface area contributed by atoms with E-state index in [1.54, 1.807) is 49.6 Å². The number of methoxy groups -OCH3 is 2. The molecule has 0 aliphatic rings. The average Bonchev–Trinajstić information content (AvgIpc) is 3.46. The molecule has 31 heavy (non-hydrogen) atoms. The second kappa shape index (κ2) is 9.64. The number of nitrogens with zero attached hydrogens (tertiary/aromatic N) is 2. The van der Waals surface area contributed by atoms with E-state index in [2.05, 4.69) is 0 Å². The first kappa shape index (κ1) is 21.5. The minimum Gasteiger partial charge on any atom is -0.495 e. The first-order chi connectivity index (χ1) is 15.1. The number of hydrogen-bond acceptors (Lipinski definition) is 7. The molecule has 0 fully saturated rings. The van der Waals surface area contributed by atoms with E-state index in [4.69, 9.17) is 30.5 Å². The fourth-order valence-corrected chi connectivity index (χ4v) is 4.96. The fraction of sp³-hybridized carbons (Fsp3) is 0.182. The maximum absolute atomic E-state index is 13.2. The molecule has 160 valence electrons. The Kier molecular flexibility index (Phi) is 6.70. The van der Waals surface area contributed by atoms with Crippen molar-refractivity contribution in [2.75, 3.05) is 24.9 Å². The second-order valence-electron chi connectivity index (χ2n) is 6.45. The lowest BCUT2D eigenvalue weighted by Crippen LogP contribution is -2.31. The lowest BCUT2D eigenvalue weighted by molar-refractivity contribution is -0.116. The van der Waals surface area contributed by atoms with Crippen LogP contribution < -0.4 is 14.4 Å². The van der Waals surface area contributed by atoms with Gasteiger partial charge in [0, 0.05) is 9.92 Å². The van der Waals surface area contributed by atoms with Crippen LogP contribution in [0.5, 0.6) is 11.5 Å². The van der Waals surface area contributed by atoms with Crippen molar-refractivity contribution in [1.82, 2.24) is 4.98 Å². The van der Waals surface area contributed by atoms with Gasteiger partial charge in [-0.3, -0.25) is 9.69 Å². The first-order valence-corrected chi connectivity index (χ1v) is 11.5. The van der Waals surface area contributed by atoms with E-state index in [9.17, 15) is 4.79 Å². The summed E-state index contributed by atoms with van der Waals surface area (Å²) in [6.45, 7) is 0.275. The molecule has 4 rings (SSSR count). The molecule has 2 aromatic carbocycles. The molecule has 0 saturated heterocycles. The van der Waals surface area contributed by atoms with Crippen molar-refractivity contribution in [3.8, 4) is 11.5 Å². The molecule has 2 aromatic heterocycles. The third-order valence-electron chi connectivity index (χ3n) is 4.50. The molecule has 0 atom stereocenters. The second-order valence-corrected chi connectivity index (χ2v) is 8.91. The van der Waals surface area contributed by atoms with Crippen molar-refractivity contribution < 1.29 is 18.7 Å². The average molecular weight is 475 g/mol. The number of halogens is 1. The van der Waals surface area contributed by atoms with Crippen molar-refractivity contribution >= 4 is 56.0 Å². The summed E-state index contributed by atoms with van der Waals surface area (Å²) in [5.74, 6) is 2.13. The van der Waals surface area contributed by atoms with E-state index in [0.29, 0.717) is 32.9 Å². The van der Waals surface area contributed by atoms with Crippen molar-refractivity contribution in [2.24, 2.45) is 0 Å². The number of ether oxygens (including phenoxy) is 2. The number of carbonyl (C=O) groups is 1. The van der Waals surface area contributed by atoms with Crippen molar-refractivity contribution in [2.45, 2.75) is 11.4 Å². The molecule has 9 heteroatoms. The van der Waals surface area contributed by atoms with Crippen LogP contribution in [0.15, 0.2) is 64.1 Å². The number of benzene rings is 2. The summed E-state index contributed by atoms with van der Waals surface area (Å²) >= 11 is 8.77. The van der Waals surface area contributed by atoms with Crippen molar-refractivity contribution in [3.05, 3.63) is 65.6 Å². The highest BCUT2D eigenvalue weighted by Gasteiger charge is 2.23. The SMILES string of the molecule is COc1ccc(OC)c2sc(N(Cc3ccco3)C(=O)CSc3ccc(Cl)cc3)nc12. The normalized spacial score (nSPS) is 10.9. The Balaban J connectivity index is 1.65. The number of anilines is 1. The molecule has 6 nitrogen and oxygen atoms in total. The zero-order valence-electron chi connectivity index (χ0n) is 16.8. The third-order valence-corrected chi connectivity index (χ3v) is 6.84. The van der Waals surface area contributed by atoms with Crippen molar-refractivity contribution in [1.29, 1.82) is 0 Å². The van der Waals surface area contributed by atoms with Gasteiger partial charge in [-0.15, -0.1) is 11.8 Å². The van der Waals surface area contributed by atoms with Crippen molar-refractivity contribution in [3.63, 3.8) is 0 Å². The van der Waals surface area contributed by atoms with Gasteiger partial charge in [0.25, 0.3) is 0 Å². The largest absolute Gasteiger partial charge is 0.495 e. The Bertz CT molecular complexity index is 1140. The highest BCUT2D eigenvalue weighted by molar-refractivity contribution is 8.00. The van der Waals surface area contributed by atoms with E-state index in [-0.39, 0.29) is 18.2 Å². The molecule has 0 radical (unpaired) electrons. The van der Waals surface area contributed by atoms with E-state index < -0.39 is 0 Å². The van der Waals surface area contributed by atoms with Gasteiger partial charge in [-0.05, 0) is 48.5 Å². The van der Waals surface area contributed by atoms with Gasteiger partial charge >= 0.3 is 0 Å². The monoisotopic (exact) mass is 474 g/mol. The smallest absolute Gasteiger partial charge is 0.239 e. The molecule has 4 aromatic rings. The quantitative estimate of drug-likeness (QED) is 0.297. The first-order valence-electron chi connectivity index (χ1n) is 9.31. The predicted molar refractivity (Wildman–Crippen MR) is 125 cm³/mol. The summed E-state index contributed by atoms with van der Waals surface area (Å²) in [5.41, 5.74) is 0.657. The molecule has 2 heterocycles. The number of thiazole rings is 1. The number of rotatable bonds is 8. The summed E-state index contributed by atoms with van der Waals surface area (Å²) in [4.78, 5) is 20.5. The maximum Gasteiger partial charge on any atom is 0.239 e. The summed E-state index contributed by atoms with van der Waals surface area (Å²) in [5, 5.41) is 1.21. The number of amides is 1. The van der Waals surface area contributed by atoms with Gasteiger partial charge < -0.3 is 13.9 Å². The molecule has 0 unspecified atom stereocenters. The number of aromatic nitrogens is 1. The lowest BCUT2D eigenvalue weighted by Gasteiger charge is -2.18. The Hall–Kier alpha value is -2.68. The number of thioether (sulfide) groups is 1. The molecule has 0 aliphatic heterocycles. The number of hydrogen-bond donors (Lipinski definition) is 0. The van der Waals surface area contributed by atoms with Crippen LogP contribution in [0.25, 0.3) is 10.2 Å². The zero-order chi connectivity index (χ0) is 21.8. The van der Waals surface area contributed by atoms with Gasteiger partial charge in [0.05, 0.1) is 32.8 Å². The van der Waals surface area contributed by atoms with Crippen LogP contribution in [-0.4, -0.2) is 30.9 Å². The molecule has 0 spiro atoms. The molecular formula is C22H19ClN2O4S2. The fourth-order valence-electron chi connectivity index (χ4n) is 2.96. The Morgan fingerprint density at radius 1 is 1.13 bits per heavy atom. The zero-order valence-corrected chi connectivity index (χ0v) is 19.2. The molecule has 0 aliphatic carbocycles. The molecule has 0 N–H and O–H groups in total. The number of carbonyl (C=O) groups excluding carboxylic acids is 1. The Morgan fingerprint density at radius 3 is 2.55 bits per heavy atom. The molecule has 0 bridgehead atoms. The van der Waals surface area contributed by atoms with Gasteiger partial charge in [-0.25, -0.2) is 4.98 Å². The standard InChI is InChI=1S/C22H19ClN2O4S2/c1-27-17-9-10-18(28-2)21-20(17)24-22(31-21)25(12-15-4-3-11-29-15)19(26)13-30-16-7-5-14(23)6-8-16/h3-11H,12-13H2,1-2H3.